The van der Waals surface area contributed by atoms with Crippen molar-refractivity contribution < 1.29 is 115 Å². The van der Waals surface area contributed by atoms with E-state index in [1.54, 1.807) is 0 Å². The molecule has 26 nitrogen and oxygen atoms in total. The summed E-state index contributed by atoms with van der Waals surface area (Å²) in [7, 11) is 0. The van der Waals surface area contributed by atoms with Crippen molar-refractivity contribution in [2.75, 3.05) is 32.3 Å². The number of alkyl halides is 1. The van der Waals surface area contributed by atoms with E-state index in [2.05, 4.69) is 10.6 Å². The van der Waals surface area contributed by atoms with Crippen LogP contribution in [-0.4, -0.2) is 218 Å². The number of hydrogen-bond donors (Lipinski definition) is 6. The lowest BCUT2D eigenvalue weighted by Gasteiger charge is -2.52. The van der Waals surface area contributed by atoms with Gasteiger partial charge in [-0.3, -0.25) is 9.59 Å². The van der Waals surface area contributed by atoms with E-state index < -0.39 is 172 Å². The molecule has 0 radical (unpaired) electrons. The van der Waals surface area contributed by atoms with Gasteiger partial charge in [0.25, 0.3) is 0 Å². The number of carbonyl (C=O) groups excluding carboxylic acids is 2. The maximum Gasteiger partial charge on any atom is 0.217 e. The van der Waals surface area contributed by atoms with E-state index >= 15 is 0 Å². The molecule has 0 spiro atoms. The highest BCUT2D eigenvalue weighted by atomic mass is 35.5. The Kier molecular flexibility index (Phi) is 36.3. The number of rotatable bonds is 44. The van der Waals surface area contributed by atoms with Gasteiger partial charge in [-0.05, 0) is 71.2 Å². The van der Waals surface area contributed by atoms with Gasteiger partial charge < -0.3 is 116 Å². The molecule has 0 aromatic heterocycles. The van der Waals surface area contributed by atoms with Gasteiger partial charge in [0.05, 0.1) is 84.9 Å². The minimum absolute atomic E-state index is 0.0400. The quantitative estimate of drug-likeness (QED) is 0.0153. The van der Waals surface area contributed by atoms with E-state index in [0.717, 1.165) is 63.8 Å². The van der Waals surface area contributed by atoms with Crippen molar-refractivity contribution in [2.45, 2.75) is 260 Å². The van der Waals surface area contributed by atoms with Gasteiger partial charge in [-0.25, -0.2) is 0 Å². The first-order valence-corrected chi connectivity index (χ1v) is 43.1. The number of benzene rings is 8. The Morgan fingerprint density at radius 3 is 1.03 bits per heavy atom. The first kappa shape index (κ1) is 92.8. The maximum absolute atomic E-state index is 14.1. The fourth-order valence-electron chi connectivity index (χ4n) is 16.0. The molecule has 8 aromatic carbocycles. The third kappa shape index (κ3) is 26.6. The number of aliphatic hydroxyl groups is 4. The Hall–Kier alpha value is -7.89. The van der Waals surface area contributed by atoms with Gasteiger partial charge in [0.2, 0.25) is 11.8 Å². The van der Waals surface area contributed by atoms with Crippen molar-refractivity contribution in [2.24, 2.45) is 0 Å². The third-order valence-corrected chi connectivity index (χ3v) is 22.6. The topological polar surface area (TPSA) is 305 Å². The lowest BCUT2D eigenvalue weighted by molar-refractivity contribution is -0.390. The molecule has 5 aliphatic rings. The fourth-order valence-corrected chi connectivity index (χ4v) is 16.2. The summed E-state index contributed by atoms with van der Waals surface area (Å²) >= 11 is 6.14. The summed E-state index contributed by atoms with van der Waals surface area (Å²) in [5, 5.41) is 56.7. The van der Waals surface area contributed by atoms with Crippen LogP contribution in [0.4, 0.5) is 0 Å². The Balaban J connectivity index is 0.853. The Bertz CT molecular complexity index is 4310. The van der Waals surface area contributed by atoms with Crippen LogP contribution in [0.2, 0.25) is 0 Å². The van der Waals surface area contributed by atoms with Crippen molar-refractivity contribution in [1.29, 1.82) is 0 Å². The lowest BCUT2D eigenvalue weighted by Crippen LogP contribution is -2.71. The van der Waals surface area contributed by atoms with Gasteiger partial charge >= 0.3 is 0 Å². The van der Waals surface area contributed by atoms with Crippen LogP contribution in [-0.2, 0) is 148 Å². The molecule has 8 aromatic rings. The fraction of sp³-hybridized carbons (Fsp3) is 0.479. The number of ether oxygens (including phenoxy) is 18. The van der Waals surface area contributed by atoms with E-state index in [4.69, 9.17) is 96.9 Å². The molecule has 0 aliphatic carbocycles. The highest BCUT2D eigenvalue weighted by Crippen LogP contribution is 2.41. The molecule has 0 bridgehead atoms. The van der Waals surface area contributed by atoms with E-state index in [1.165, 1.54) is 13.8 Å². The van der Waals surface area contributed by atoms with Crippen LogP contribution in [0.5, 0.6) is 0 Å². The number of nitrogens with one attached hydrogen (secondary N) is 2. The average molecular weight is 1720 g/mol. The van der Waals surface area contributed by atoms with Crippen LogP contribution in [0.1, 0.15) is 97.9 Å². The molecule has 5 aliphatic heterocycles. The second kappa shape index (κ2) is 48.2. The Morgan fingerprint density at radius 2 is 0.642 bits per heavy atom. The van der Waals surface area contributed by atoms with Gasteiger partial charge in [-0.2, -0.15) is 0 Å². The molecule has 5 heterocycles. The third-order valence-electron chi connectivity index (χ3n) is 22.3. The summed E-state index contributed by atoms with van der Waals surface area (Å²) < 4.78 is 125. The van der Waals surface area contributed by atoms with Crippen LogP contribution < -0.4 is 10.6 Å². The van der Waals surface area contributed by atoms with E-state index in [9.17, 15) is 30.0 Å². The molecule has 27 heteroatoms. The minimum atomic E-state index is -2.06. The molecule has 25 atom stereocenters. The molecule has 0 saturated carbocycles. The number of unbranched alkanes of at least 4 members (excludes halogenated alkanes) is 3. The molecule has 5 fully saturated rings. The van der Waals surface area contributed by atoms with Crippen LogP contribution in [0.25, 0.3) is 0 Å². The molecule has 5 saturated heterocycles. The molecule has 0 unspecified atom stereocenters. The van der Waals surface area contributed by atoms with Crippen molar-refractivity contribution >= 4 is 23.4 Å². The van der Waals surface area contributed by atoms with Gasteiger partial charge in [0.15, 0.2) is 31.5 Å². The highest BCUT2D eigenvalue weighted by Gasteiger charge is 2.59. The van der Waals surface area contributed by atoms with E-state index in [1.807, 2.05) is 257 Å². The minimum Gasteiger partial charge on any atom is -0.394 e. The number of halogens is 1. The maximum atomic E-state index is 14.1. The molecule has 662 valence electrons. The van der Waals surface area contributed by atoms with Crippen LogP contribution in [0, 0.1) is 0 Å². The second-order valence-electron chi connectivity index (χ2n) is 31.6. The predicted octanol–water partition coefficient (Wildman–Crippen LogP) is 11.0. The van der Waals surface area contributed by atoms with Gasteiger partial charge in [-0.15, -0.1) is 11.6 Å². The summed E-state index contributed by atoms with van der Waals surface area (Å²) in [5.41, 5.74) is 6.81. The second-order valence-corrected chi connectivity index (χ2v) is 32.0. The summed E-state index contributed by atoms with van der Waals surface area (Å²) in [6.07, 6.45) is -28.1. The molecule has 6 N–H and O–H groups in total. The normalized spacial score (nSPS) is 30.3. The highest BCUT2D eigenvalue weighted by molar-refractivity contribution is 6.17. The summed E-state index contributed by atoms with van der Waals surface area (Å²) in [4.78, 5) is 27.9. The van der Waals surface area contributed by atoms with Crippen molar-refractivity contribution in [3.63, 3.8) is 0 Å². The zero-order chi connectivity index (χ0) is 85.7. The van der Waals surface area contributed by atoms with Gasteiger partial charge in [0, 0.05) is 26.3 Å². The zero-order valence-corrected chi connectivity index (χ0v) is 70.6. The molecule has 13 rings (SSSR count). The van der Waals surface area contributed by atoms with Crippen LogP contribution in [0.15, 0.2) is 243 Å². The molecular weight excluding hydrogens is 1600 g/mol. The van der Waals surface area contributed by atoms with Gasteiger partial charge in [-0.1, -0.05) is 255 Å². The molecule has 123 heavy (non-hydrogen) atoms. The predicted molar refractivity (Wildman–Crippen MR) is 452 cm³/mol. The summed E-state index contributed by atoms with van der Waals surface area (Å²) in [6.45, 7) is 5.89. The smallest absolute Gasteiger partial charge is 0.217 e. The Labute approximate surface area is 724 Å². The van der Waals surface area contributed by atoms with E-state index in [0.29, 0.717) is 12.3 Å². The SMILES string of the molecule is CC(=O)N[C@H]1[C@H](O[C@H]2[C@@H](O)[C@@H](CO)O[C@@H](O[C@H]3[C@H](O[C@@H]4O[C@@H](C)[C@@H](OCc5ccccc5)[C@@H](OCc5ccccc5)[C@@H]4OCc4ccccc4)[C@@H](NC(C)=O)[C@H](OCCCCCCCl)O[C@@H]3COCc3ccccc3)[C@@H]2O)O[C@H](COCc2ccccc2)[C@@H](O[C@@H]2O[C@@H](C)[C@@H](OCc3ccccc3)[C@@H](OCc3ccccc3)[C@@H]2OCc2ccccc2)[C@@H]1O. The number of hydrogen-bond acceptors (Lipinski definition) is 24. The number of carbonyl (C=O) groups is 2. The monoisotopic (exact) mass is 1720 g/mol. The summed E-state index contributed by atoms with van der Waals surface area (Å²) in [6, 6.07) is 73.9. The standard InChI is InChI=1S/C96H117ClN2O24/c1-62-82(109-54-68-37-19-9-20-38-68)88(111-56-70-41-23-11-24-42-70)90(113-58-72-45-27-13-28-46-72)95(115-62)120-84-75(60-106-52-66-33-15-7-16-34-66)119-93(77(80(84)104)98-64(3)101)123-87-79(103)74(51-100)117-94(81(87)105)121-85-76(61-107-53-67-35-17-8-18-36-67)118-92(108-50-32-6-5-31-49-97)78(99-65(4)102)86(85)122-96-91(114-59-73-47-29-14-30-48-73)89(112-57-71-43-25-12-26-44-71)83(63(2)116-96)110-55-69-39-21-10-22-40-69/h7-30,33-48,62-63,74-96,100,103-105H,5-6,31-32,49-61H2,1-4H3,(H,98,101)(H,99,102)/t62-,63-,74+,75+,76+,77+,78+,79-,80+,81+,82+,83+,84+,85+,86+,87-,88+,89+,90-,91-,92+,93-,94-,95-,96-/m0/s1. The number of amides is 2. The first-order valence-electron chi connectivity index (χ1n) is 42.6. The molecular formula is C96H117ClN2O24. The largest absolute Gasteiger partial charge is 0.394 e. The van der Waals surface area contributed by atoms with Crippen molar-refractivity contribution in [3.05, 3.63) is 287 Å². The zero-order valence-electron chi connectivity index (χ0n) is 69.9. The van der Waals surface area contributed by atoms with Crippen LogP contribution >= 0.6 is 11.6 Å². The lowest BCUT2D eigenvalue weighted by atomic mass is 9.93. The van der Waals surface area contributed by atoms with Crippen LogP contribution in [0.3, 0.4) is 0 Å². The Morgan fingerprint density at radius 1 is 0.317 bits per heavy atom. The summed E-state index contributed by atoms with van der Waals surface area (Å²) in [5.74, 6) is -0.670. The van der Waals surface area contributed by atoms with Gasteiger partial charge in [0.1, 0.15) is 110 Å². The van der Waals surface area contributed by atoms with Crippen molar-refractivity contribution in [3.8, 4) is 0 Å². The number of aliphatic hydroxyl groups excluding tert-OH is 4. The average Bonchev–Trinajstić information content (AvgIpc) is 0.762. The molecule has 2 amide bonds. The van der Waals surface area contributed by atoms with E-state index in [-0.39, 0.29) is 72.7 Å². The van der Waals surface area contributed by atoms with Crippen molar-refractivity contribution in [1.82, 2.24) is 10.6 Å². The first-order chi connectivity index (χ1) is 60.1.